The highest BCUT2D eigenvalue weighted by Gasteiger charge is 2.35. The van der Waals surface area contributed by atoms with Crippen LogP contribution in [-0.4, -0.2) is 55.6 Å². The SMILES string of the molecule is COC1(CNC(=O)N[C@H](C)C(=O)O)CCOC1. The van der Waals surface area contributed by atoms with Crippen LogP contribution in [0, 0.1) is 0 Å². The summed E-state index contributed by atoms with van der Waals surface area (Å²) in [5.41, 5.74) is -0.496. The van der Waals surface area contributed by atoms with Crippen molar-refractivity contribution in [2.24, 2.45) is 0 Å². The normalized spacial score (nSPS) is 25.3. The fraction of sp³-hybridized carbons (Fsp3) is 0.800. The van der Waals surface area contributed by atoms with Gasteiger partial charge in [-0.2, -0.15) is 0 Å². The van der Waals surface area contributed by atoms with Crippen molar-refractivity contribution in [3.8, 4) is 0 Å². The zero-order valence-electron chi connectivity index (χ0n) is 9.99. The maximum Gasteiger partial charge on any atom is 0.325 e. The summed E-state index contributed by atoms with van der Waals surface area (Å²) >= 11 is 0. The van der Waals surface area contributed by atoms with Crippen LogP contribution in [0.25, 0.3) is 0 Å². The molecule has 1 unspecified atom stereocenters. The molecular weight excluding hydrogens is 228 g/mol. The number of ether oxygens (including phenoxy) is 2. The highest BCUT2D eigenvalue weighted by atomic mass is 16.5. The van der Waals surface area contributed by atoms with E-state index in [1.165, 1.54) is 6.92 Å². The molecule has 0 aromatic rings. The maximum absolute atomic E-state index is 11.4. The second kappa shape index (κ2) is 5.83. The van der Waals surface area contributed by atoms with Gasteiger partial charge in [0.05, 0.1) is 13.2 Å². The van der Waals surface area contributed by atoms with Crippen LogP contribution in [0.15, 0.2) is 0 Å². The summed E-state index contributed by atoms with van der Waals surface area (Å²) in [4.78, 5) is 21.9. The number of aliphatic carboxylic acids is 1. The molecule has 1 rings (SSSR count). The molecule has 1 fully saturated rings. The number of carboxylic acids is 1. The molecule has 3 N–H and O–H groups in total. The monoisotopic (exact) mass is 246 g/mol. The van der Waals surface area contributed by atoms with E-state index < -0.39 is 23.6 Å². The zero-order chi connectivity index (χ0) is 12.9. The van der Waals surface area contributed by atoms with E-state index in [1.807, 2.05) is 0 Å². The average Bonchev–Trinajstić information content (AvgIpc) is 2.75. The molecule has 0 aromatic carbocycles. The first kappa shape index (κ1) is 13.7. The fourth-order valence-electron chi connectivity index (χ4n) is 1.51. The lowest BCUT2D eigenvalue weighted by atomic mass is 10.0. The lowest BCUT2D eigenvalue weighted by Crippen LogP contribution is -2.50. The minimum Gasteiger partial charge on any atom is -0.480 e. The van der Waals surface area contributed by atoms with Crippen LogP contribution < -0.4 is 10.6 Å². The van der Waals surface area contributed by atoms with Crippen LogP contribution in [0.4, 0.5) is 4.79 Å². The van der Waals surface area contributed by atoms with Crippen molar-refractivity contribution in [1.29, 1.82) is 0 Å². The summed E-state index contributed by atoms with van der Waals surface area (Å²) in [5.74, 6) is -1.08. The van der Waals surface area contributed by atoms with Gasteiger partial charge in [-0.15, -0.1) is 0 Å². The predicted octanol–water partition coefficient (Wildman–Crippen LogP) is -0.436. The number of carboxylic acid groups (broad SMARTS) is 1. The van der Waals surface area contributed by atoms with Gasteiger partial charge in [0.15, 0.2) is 0 Å². The Morgan fingerprint density at radius 2 is 2.29 bits per heavy atom. The Morgan fingerprint density at radius 1 is 1.59 bits per heavy atom. The fourth-order valence-corrected chi connectivity index (χ4v) is 1.51. The lowest BCUT2D eigenvalue weighted by molar-refractivity contribution is -0.138. The standard InChI is InChI=1S/C10H18N2O5/c1-7(8(13)14)12-9(15)11-5-10(16-2)3-4-17-6-10/h7H,3-6H2,1-2H3,(H,13,14)(H2,11,12,15)/t7-,10?/m1/s1. The van der Waals surface area contributed by atoms with E-state index in [0.29, 0.717) is 26.2 Å². The van der Waals surface area contributed by atoms with Gasteiger partial charge in [-0.05, 0) is 6.92 Å². The van der Waals surface area contributed by atoms with E-state index in [4.69, 9.17) is 14.6 Å². The summed E-state index contributed by atoms with van der Waals surface area (Å²) < 4.78 is 10.5. The third-order valence-electron chi connectivity index (χ3n) is 2.79. The minimum atomic E-state index is -1.08. The van der Waals surface area contributed by atoms with E-state index in [-0.39, 0.29) is 0 Å². The summed E-state index contributed by atoms with van der Waals surface area (Å²) in [6, 6.07) is -1.45. The summed E-state index contributed by atoms with van der Waals surface area (Å²) in [6.45, 7) is 2.72. The third-order valence-corrected chi connectivity index (χ3v) is 2.79. The van der Waals surface area contributed by atoms with E-state index in [2.05, 4.69) is 10.6 Å². The topological polar surface area (TPSA) is 96.9 Å². The number of urea groups is 1. The van der Waals surface area contributed by atoms with E-state index in [0.717, 1.165) is 0 Å². The Bertz CT molecular complexity index is 288. The Morgan fingerprint density at radius 3 is 2.76 bits per heavy atom. The van der Waals surface area contributed by atoms with Crippen LogP contribution in [0.1, 0.15) is 13.3 Å². The zero-order valence-corrected chi connectivity index (χ0v) is 9.99. The van der Waals surface area contributed by atoms with Gasteiger partial charge in [-0.1, -0.05) is 0 Å². The first-order valence-corrected chi connectivity index (χ1v) is 5.39. The number of methoxy groups -OCH3 is 1. The minimum absolute atomic E-state index is 0.293. The molecule has 7 nitrogen and oxygen atoms in total. The number of carbonyl (C=O) groups excluding carboxylic acids is 1. The van der Waals surface area contributed by atoms with Crippen molar-refractivity contribution in [3.63, 3.8) is 0 Å². The molecule has 1 heterocycles. The smallest absolute Gasteiger partial charge is 0.325 e. The molecule has 1 aliphatic rings. The molecule has 17 heavy (non-hydrogen) atoms. The van der Waals surface area contributed by atoms with Crippen molar-refractivity contribution in [1.82, 2.24) is 10.6 Å². The first-order valence-electron chi connectivity index (χ1n) is 5.39. The Labute approximate surface area is 99.5 Å². The Hall–Kier alpha value is -1.34. The van der Waals surface area contributed by atoms with E-state index in [1.54, 1.807) is 7.11 Å². The highest BCUT2D eigenvalue weighted by molar-refractivity contribution is 5.82. The molecule has 1 aliphatic heterocycles. The van der Waals surface area contributed by atoms with Gasteiger partial charge in [0.25, 0.3) is 0 Å². The molecule has 0 saturated carbocycles. The molecule has 0 radical (unpaired) electrons. The third kappa shape index (κ3) is 3.86. The lowest BCUT2D eigenvalue weighted by Gasteiger charge is -2.26. The van der Waals surface area contributed by atoms with Crippen LogP contribution in [-0.2, 0) is 14.3 Å². The van der Waals surface area contributed by atoms with Gasteiger partial charge in [0.1, 0.15) is 11.6 Å². The van der Waals surface area contributed by atoms with E-state index in [9.17, 15) is 9.59 Å². The summed E-state index contributed by atoms with van der Waals surface area (Å²) in [7, 11) is 1.56. The highest BCUT2D eigenvalue weighted by Crippen LogP contribution is 2.21. The van der Waals surface area contributed by atoms with Gasteiger partial charge in [-0.25, -0.2) is 4.79 Å². The average molecular weight is 246 g/mol. The first-order chi connectivity index (χ1) is 7.99. The summed E-state index contributed by atoms with van der Waals surface area (Å²) in [5, 5.41) is 13.5. The van der Waals surface area contributed by atoms with Crippen LogP contribution in [0.2, 0.25) is 0 Å². The van der Waals surface area contributed by atoms with Crippen molar-refractivity contribution < 1.29 is 24.2 Å². The van der Waals surface area contributed by atoms with Crippen molar-refractivity contribution in [2.45, 2.75) is 25.0 Å². The number of hydrogen-bond donors (Lipinski definition) is 3. The number of amides is 2. The van der Waals surface area contributed by atoms with Crippen LogP contribution >= 0.6 is 0 Å². The quantitative estimate of drug-likeness (QED) is 0.611. The van der Waals surface area contributed by atoms with Crippen molar-refractivity contribution in [2.75, 3.05) is 26.9 Å². The van der Waals surface area contributed by atoms with Gasteiger partial charge in [-0.3, -0.25) is 4.79 Å². The molecule has 1 saturated heterocycles. The molecule has 2 atom stereocenters. The number of hydrogen-bond acceptors (Lipinski definition) is 4. The van der Waals surface area contributed by atoms with Crippen LogP contribution in [0.3, 0.4) is 0 Å². The number of nitrogens with one attached hydrogen (secondary N) is 2. The van der Waals surface area contributed by atoms with Crippen LogP contribution in [0.5, 0.6) is 0 Å². The van der Waals surface area contributed by atoms with Gasteiger partial charge < -0.3 is 25.2 Å². The predicted molar refractivity (Wildman–Crippen MR) is 58.8 cm³/mol. The Kier molecular flexibility index (Phi) is 4.71. The van der Waals surface area contributed by atoms with E-state index >= 15 is 0 Å². The molecule has 98 valence electrons. The Balaban J connectivity index is 2.34. The molecule has 7 heteroatoms. The molecule has 2 amide bonds. The number of carbonyl (C=O) groups is 2. The maximum atomic E-state index is 11.4. The molecule has 0 aromatic heterocycles. The van der Waals surface area contributed by atoms with Gasteiger partial charge in [0.2, 0.25) is 0 Å². The molecular formula is C10H18N2O5. The molecule has 0 spiro atoms. The largest absolute Gasteiger partial charge is 0.480 e. The molecule has 0 aliphatic carbocycles. The van der Waals surface area contributed by atoms with Gasteiger partial charge >= 0.3 is 12.0 Å². The van der Waals surface area contributed by atoms with Gasteiger partial charge in [0, 0.05) is 20.1 Å². The second-order valence-corrected chi connectivity index (χ2v) is 4.08. The van der Waals surface area contributed by atoms with Crippen molar-refractivity contribution >= 4 is 12.0 Å². The summed E-state index contributed by atoms with van der Waals surface area (Å²) in [6.07, 6.45) is 0.707. The van der Waals surface area contributed by atoms with Crippen molar-refractivity contribution in [3.05, 3.63) is 0 Å². The number of rotatable bonds is 5. The molecule has 0 bridgehead atoms. The second-order valence-electron chi connectivity index (χ2n) is 4.08.